The Labute approximate surface area is 179 Å². The van der Waals surface area contributed by atoms with Crippen LogP contribution in [0.5, 0.6) is 5.75 Å². The molecular formula is C23H23N3O3S. The molecule has 2 amide bonds. The fraction of sp³-hybridized carbons (Fsp3) is 0.348. The van der Waals surface area contributed by atoms with Crippen LogP contribution in [-0.4, -0.2) is 47.9 Å². The average molecular weight is 422 g/mol. The molecule has 0 N–H and O–H groups in total. The molecule has 0 unspecified atom stereocenters. The van der Waals surface area contributed by atoms with Crippen molar-refractivity contribution in [3.05, 3.63) is 53.5 Å². The van der Waals surface area contributed by atoms with E-state index in [9.17, 15) is 9.59 Å². The molecule has 0 spiro atoms. The van der Waals surface area contributed by atoms with Gasteiger partial charge in [0, 0.05) is 32.0 Å². The molecule has 2 aromatic carbocycles. The number of benzene rings is 2. The van der Waals surface area contributed by atoms with Gasteiger partial charge in [-0.25, -0.2) is 4.98 Å². The Hall–Kier alpha value is -2.93. The molecule has 7 heteroatoms. The van der Waals surface area contributed by atoms with Crippen molar-refractivity contribution in [1.29, 1.82) is 0 Å². The van der Waals surface area contributed by atoms with Gasteiger partial charge in [0.25, 0.3) is 5.91 Å². The van der Waals surface area contributed by atoms with Crippen molar-refractivity contribution in [3.8, 4) is 5.75 Å². The zero-order valence-electron chi connectivity index (χ0n) is 16.6. The number of anilines is 1. The van der Waals surface area contributed by atoms with Crippen molar-refractivity contribution >= 4 is 39.1 Å². The van der Waals surface area contributed by atoms with Gasteiger partial charge in [-0.1, -0.05) is 24.3 Å². The Balaban J connectivity index is 1.25. The summed E-state index contributed by atoms with van der Waals surface area (Å²) in [4.78, 5) is 33.7. The highest BCUT2D eigenvalue weighted by Crippen LogP contribution is 2.34. The first-order valence-electron chi connectivity index (χ1n) is 10.3. The Morgan fingerprint density at radius 3 is 2.90 bits per heavy atom. The summed E-state index contributed by atoms with van der Waals surface area (Å²) >= 11 is 1.73. The first-order valence-corrected chi connectivity index (χ1v) is 11.2. The van der Waals surface area contributed by atoms with Crippen molar-refractivity contribution in [3.63, 3.8) is 0 Å². The molecule has 2 aliphatic heterocycles. The van der Waals surface area contributed by atoms with Crippen LogP contribution in [0.2, 0.25) is 0 Å². The lowest BCUT2D eigenvalue weighted by Gasteiger charge is -2.33. The van der Waals surface area contributed by atoms with Crippen LogP contribution < -0.4 is 9.64 Å². The maximum Gasteiger partial charge on any atom is 0.265 e. The highest BCUT2D eigenvalue weighted by atomic mass is 32.1. The SMILES string of the molecule is O=C(CCN1C(=O)COc2ccccc21)N1CCC[C@H](c2nc3ccccc3s2)C1. The number of carbonyl (C=O) groups excluding carboxylic acids is 2. The van der Waals surface area contributed by atoms with Crippen LogP contribution in [0.3, 0.4) is 0 Å². The van der Waals surface area contributed by atoms with E-state index in [-0.39, 0.29) is 24.3 Å². The molecule has 1 saturated heterocycles. The number of rotatable bonds is 4. The van der Waals surface area contributed by atoms with Crippen molar-refractivity contribution in [2.24, 2.45) is 0 Å². The first kappa shape index (κ1) is 19.1. The summed E-state index contributed by atoms with van der Waals surface area (Å²) in [6, 6.07) is 15.7. The molecule has 0 saturated carbocycles. The summed E-state index contributed by atoms with van der Waals surface area (Å²) in [5, 5.41) is 1.12. The molecule has 30 heavy (non-hydrogen) atoms. The smallest absolute Gasteiger partial charge is 0.265 e. The Morgan fingerprint density at radius 2 is 2.00 bits per heavy atom. The molecule has 154 valence electrons. The zero-order valence-corrected chi connectivity index (χ0v) is 17.4. The second kappa shape index (κ2) is 8.07. The van der Waals surface area contributed by atoms with E-state index >= 15 is 0 Å². The maximum atomic E-state index is 12.9. The molecule has 1 fully saturated rings. The highest BCUT2D eigenvalue weighted by Gasteiger charge is 2.29. The number of thiazole rings is 1. The van der Waals surface area contributed by atoms with E-state index < -0.39 is 0 Å². The van der Waals surface area contributed by atoms with Crippen LogP contribution in [0, 0.1) is 0 Å². The molecular weight excluding hydrogens is 398 g/mol. The minimum atomic E-state index is -0.104. The van der Waals surface area contributed by atoms with E-state index in [1.165, 1.54) is 4.70 Å². The number of amides is 2. The van der Waals surface area contributed by atoms with Gasteiger partial charge in [0.15, 0.2) is 6.61 Å². The van der Waals surface area contributed by atoms with E-state index in [0.29, 0.717) is 25.3 Å². The molecule has 1 atom stereocenters. The molecule has 3 aromatic rings. The summed E-state index contributed by atoms with van der Waals surface area (Å²) in [6.07, 6.45) is 2.34. The summed E-state index contributed by atoms with van der Waals surface area (Å²) < 4.78 is 6.68. The number of hydrogen-bond donors (Lipinski definition) is 0. The second-order valence-electron chi connectivity index (χ2n) is 7.75. The van der Waals surface area contributed by atoms with E-state index in [1.807, 2.05) is 47.4 Å². The van der Waals surface area contributed by atoms with Crippen LogP contribution in [0.15, 0.2) is 48.5 Å². The number of carbonyl (C=O) groups is 2. The second-order valence-corrected chi connectivity index (χ2v) is 8.81. The molecule has 0 aliphatic carbocycles. The lowest BCUT2D eigenvalue weighted by atomic mass is 9.98. The first-order chi connectivity index (χ1) is 14.7. The van der Waals surface area contributed by atoms with Gasteiger partial charge in [-0.05, 0) is 37.1 Å². The Morgan fingerprint density at radius 1 is 1.17 bits per heavy atom. The summed E-state index contributed by atoms with van der Waals surface area (Å²) in [5.41, 5.74) is 1.78. The van der Waals surface area contributed by atoms with Crippen LogP contribution in [-0.2, 0) is 9.59 Å². The summed E-state index contributed by atoms with van der Waals surface area (Å²) in [7, 11) is 0. The minimum Gasteiger partial charge on any atom is -0.482 e. The van der Waals surface area contributed by atoms with Gasteiger partial charge in [0.2, 0.25) is 5.91 Å². The van der Waals surface area contributed by atoms with E-state index in [1.54, 1.807) is 16.2 Å². The van der Waals surface area contributed by atoms with Gasteiger partial charge in [0.05, 0.1) is 20.9 Å². The third-order valence-electron chi connectivity index (χ3n) is 5.79. The summed E-state index contributed by atoms with van der Waals surface area (Å²) in [6.45, 7) is 1.87. The molecule has 6 nitrogen and oxygen atoms in total. The van der Waals surface area contributed by atoms with Crippen LogP contribution >= 0.6 is 11.3 Å². The number of aromatic nitrogens is 1. The molecule has 3 heterocycles. The quantitative estimate of drug-likeness (QED) is 0.643. The lowest BCUT2D eigenvalue weighted by Crippen LogP contribution is -2.43. The van der Waals surface area contributed by atoms with Crippen LogP contribution in [0.1, 0.15) is 30.2 Å². The van der Waals surface area contributed by atoms with Gasteiger partial charge in [-0.2, -0.15) is 0 Å². The van der Waals surface area contributed by atoms with E-state index in [2.05, 4.69) is 6.07 Å². The van der Waals surface area contributed by atoms with Gasteiger partial charge in [0.1, 0.15) is 5.75 Å². The lowest BCUT2D eigenvalue weighted by molar-refractivity contribution is -0.132. The number of likely N-dealkylation sites (tertiary alicyclic amines) is 1. The number of nitrogens with zero attached hydrogens (tertiary/aromatic N) is 3. The fourth-order valence-electron chi connectivity index (χ4n) is 4.23. The standard InChI is InChI=1S/C23H23N3O3S/c27-21(11-13-26-18-8-2-3-9-19(18)29-15-22(26)28)25-12-5-6-16(14-25)23-24-17-7-1-4-10-20(17)30-23/h1-4,7-10,16H,5-6,11-15H2/t16-/m0/s1. The zero-order chi connectivity index (χ0) is 20.5. The van der Waals surface area contributed by atoms with Crippen LogP contribution in [0.25, 0.3) is 10.2 Å². The number of fused-ring (bicyclic) bond motifs is 2. The fourth-order valence-corrected chi connectivity index (χ4v) is 5.33. The topological polar surface area (TPSA) is 62.7 Å². The molecule has 1 aromatic heterocycles. The van der Waals surface area contributed by atoms with Gasteiger partial charge < -0.3 is 14.5 Å². The average Bonchev–Trinajstić information content (AvgIpc) is 3.23. The molecule has 5 rings (SSSR count). The van der Waals surface area contributed by atoms with Gasteiger partial charge in [-0.15, -0.1) is 11.3 Å². The van der Waals surface area contributed by atoms with E-state index in [4.69, 9.17) is 9.72 Å². The van der Waals surface area contributed by atoms with Crippen molar-refractivity contribution in [1.82, 2.24) is 9.88 Å². The van der Waals surface area contributed by atoms with Crippen LogP contribution in [0.4, 0.5) is 5.69 Å². The molecule has 2 aliphatic rings. The maximum absolute atomic E-state index is 12.9. The number of piperidine rings is 1. The monoisotopic (exact) mass is 421 g/mol. The van der Waals surface area contributed by atoms with Crippen molar-refractivity contribution in [2.75, 3.05) is 31.1 Å². The summed E-state index contributed by atoms with van der Waals surface area (Å²) in [5.74, 6) is 0.967. The molecule has 0 bridgehead atoms. The predicted molar refractivity (Wildman–Crippen MR) is 117 cm³/mol. The largest absolute Gasteiger partial charge is 0.482 e. The predicted octanol–water partition coefficient (Wildman–Crippen LogP) is 3.82. The third kappa shape index (κ3) is 3.65. The van der Waals surface area contributed by atoms with Crippen molar-refractivity contribution < 1.29 is 14.3 Å². The molecule has 0 radical (unpaired) electrons. The third-order valence-corrected chi connectivity index (χ3v) is 6.99. The minimum absolute atomic E-state index is 0.0224. The Kier molecular flexibility index (Phi) is 5.12. The Bertz CT molecular complexity index is 1060. The normalized spacial score (nSPS) is 18.9. The number of hydrogen-bond acceptors (Lipinski definition) is 5. The highest BCUT2D eigenvalue weighted by molar-refractivity contribution is 7.18. The van der Waals surface area contributed by atoms with Crippen molar-refractivity contribution in [2.45, 2.75) is 25.2 Å². The van der Waals surface area contributed by atoms with Gasteiger partial charge in [-0.3, -0.25) is 9.59 Å². The van der Waals surface area contributed by atoms with E-state index in [0.717, 1.165) is 35.6 Å². The number of ether oxygens (including phenoxy) is 1. The van der Waals surface area contributed by atoms with Gasteiger partial charge >= 0.3 is 0 Å². The number of para-hydroxylation sites is 3.